The van der Waals surface area contributed by atoms with Gasteiger partial charge in [-0.05, 0) is 31.9 Å². The molecule has 1 rings (SSSR count). The monoisotopic (exact) mass is 193 g/mol. The van der Waals surface area contributed by atoms with Crippen molar-refractivity contribution in [3.05, 3.63) is 34.9 Å². The lowest BCUT2D eigenvalue weighted by Gasteiger charge is -2.05. The second-order valence-corrected chi connectivity index (χ2v) is 4.46. The highest BCUT2D eigenvalue weighted by atomic mass is 32.2. The van der Waals surface area contributed by atoms with Crippen LogP contribution in [0.15, 0.2) is 18.2 Å². The molecule has 0 aliphatic rings. The highest BCUT2D eigenvalue weighted by Crippen LogP contribution is 2.17. The van der Waals surface area contributed by atoms with Gasteiger partial charge in [-0.3, -0.25) is 5.41 Å². The predicted octanol–water partition coefficient (Wildman–Crippen LogP) is 3.53. The first-order chi connectivity index (χ1) is 6.09. The van der Waals surface area contributed by atoms with E-state index >= 15 is 0 Å². The Kier molecular flexibility index (Phi) is 3.55. The minimum absolute atomic E-state index is 0.681. The van der Waals surface area contributed by atoms with E-state index in [1.165, 1.54) is 16.7 Å². The van der Waals surface area contributed by atoms with Crippen LogP contribution >= 0.6 is 11.8 Å². The van der Waals surface area contributed by atoms with Crippen LogP contribution in [0.3, 0.4) is 0 Å². The first kappa shape index (κ1) is 10.3. The molecule has 0 unspecified atom stereocenters. The van der Waals surface area contributed by atoms with E-state index in [4.69, 9.17) is 5.41 Å². The van der Waals surface area contributed by atoms with E-state index in [-0.39, 0.29) is 0 Å². The molecule has 0 saturated heterocycles. The largest absolute Gasteiger partial charge is 0.299 e. The SMILES string of the molecule is CC(=N)SCc1ccc(C)cc1C. The number of hydrogen-bond acceptors (Lipinski definition) is 2. The van der Waals surface area contributed by atoms with Gasteiger partial charge in [-0.1, -0.05) is 23.8 Å². The molecule has 0 heterocycles. The third kappa shape index (κ3) is 3.23. The topological polar surface area (TPSA) is 23.9 Å². The van der Waals surface area contributed by atoms with E-state index in [2.05, 4.69) is 32.0 Å². The van der Waals surface area contributed by atoms with Gasteiger partial charge in [0.2, 0.25) is 0 Å². The highest BCUT2D eigenvalue weighted by molar-refractivity contribution is 8.13. The minimum atomic E-state index is 0.681. The van der Waals surface area contributed by atoms with E-state index in [0.29, 0.717) is 5.04 Å². The van der Waals surface area contributed by atoms with Crippen molar-refractivity contribution in [3.8, 4) is 0 Å². The van der Waals surface area contributed by atoms with Gasteiger partial charge in [0.05, 0.1) is 5.04 Å². The van der Waals surface area contributed by atoms with Crippen LogP contribution in [0, 0.1) is 19.3 Å². The number of thioether (sulfide) groups is 1. The van der Waals surface area contributed by atoms with Crippen molar-refractivity contribution in [2.75, 3.05) is 0 Å². The van der Waals surface area contributed by atoms with Gasteiger partial charge in [-0.2, -0.15) is 0 Å². The fourth-order valence-electron chi connectivity index (χ4n) is 1.19. The Morgan fingerprint density at radius 2 is 2.08 bits per heavy atom. The summed E-state index contributed by atoms with van der Waals surface area (Å²) in [5.74, 6) is 0.918. The predicted molar refractivity (Wildman–Crippen MR) is 60.6 cm³/mol. The minimum Gasteiger partial charge on any atom is -0.299 e. The molecular formula is C11H15NS. The van der Waals surface area contributed by atoms with Crippen LogP contribution in [0.2, 0.25) is 0 Å². The maximum atomic E-state index is 7.32. The highest BCUT2D eigenvalue weighted by Gasteiger charge is 1.99. The molecule has 13 heavy (non-hydrogen) atoms. The first-order valence-corrected chi connectivity index (χ1v) is 5.32. The van der Waals surface area contributed by atoms with Crippen molar-refractivity contribution < 1.29 is 0 Å². The zero-order valence-corrected chi connectivity index (χ0v) is 9.16. The lowest BCUT2D eigenvalue weighted by atomic mass is 10.1. The molecule has 1 aromatic carbocycles. The molecule has 2 heteroatoms. The smallest absolute Gasteiger partial charge is 0.0613 e. The standard InChI is InChI=1S/C11H15NS/c1-8-4-5-11(9(2)6-8)7-13-10(3)12/h4-6,12H,7H2,1-3H3. The van der Waals surface area contributed by atoms with Crippen molar-refractivity contribution in [2.45, 2.75) is 26.5 Å². The fraction of sp³-hybridized carbons (Fsp3) is 0.364. The quantitative estimate of drug-likeness (QED) is 0.563. The summed E-state index contributed by atoms with van der Waals surface area (Å²) in [6, 6.07) is 6.47. The van der Waals surface area contributed by atoms with E-state index in [0.717, 1.165) is 5.75 Å². The lowest BCUT2D eigenvalue weighted by Crippen LogP contribution is -1.89. The zero-order chi connectivity index (χ0) is 9.84. The summed E-state index contributed by atoms with van der Waals surface area (Å²) in [4.78, 5) is 0. The van der Waals surface area contributed by atoms with E-state index < -0.39 is 0 Å². The van der Waals surface area contributed by atoms with Gasteiger partial charge in [0.25, 0.3) is 0 Å². The van der Waals surface area contributed by atoms with Crippen molar-refractivity contribution in [1.29, 1.82) is 5.41 Å². The maximum absolute atomic E-state index is 7.32. The molecule has 0 fully saturated rings. The van der Waals surface area contributed by atoms with E-state index in [1.54, 1.807) is 11.8 Å². The average molecular weight is 193 g/mol. The number of nitrogens with one attached hydrogen (secondary N) is 1. The van der Waals surface area contributed by atoms with Crippen LogP contribution in [-0.4, -0.2) is 5.04 Å². The third-order valence-electron chi connectivity index (χ3n) is 1.94. The molecule has 0 bridgehead atoms. The Hall–Kier alpha value is -0.760. The summed E-state index contributed by atoms with van der Waals surface area (Å²) < 4.78 is 0. The van der Waals surface area contributed by atoms with Crippen LogP contribution in [0.4, 0.5) is 0 Å². The number of rotatable bonds is 2. The van der Waals surface area contributed by atoms with Crippen LogP contribution < -0.4 is 0 Å². The van der Waals surface area contributed by atoms with E-state index in [9.17, 15) is 0 Å². The number of aryl methyl sites for hydroxylation is 2. The molecule has 0 amide bonds. The molecule has 1 N–H and O–H groups in total. The van der Waals surface area contributed by atoms with Gasteiger partial charge in [0, 0.05) is 5.75 Å². The van der Waals surface area contributed by atoms with Crippen LogP contribution in [0.1, 0.15) is 23.6 Å². The second-order valence-electron chi connectivity index (χ2n) is 3.27. The molecule has 0 aliphatic carbocycles. The van der Waals surface area contributed by atoms with Gasteiger partial charge in [0.1, 0.15) is 0 Å². The Morgan fingerprint density at radius 1 is 1.38 bits per heavy atom. The van der Waals surface area contributed by atoms with Crippen molar-refractivity contribution in [1.82, 2.24) is 0 Å². The molecule has 0 spiro atoms. The maximum Gasteiger partial charge on any atom is 0.0613 e. The Labute approximate surface area is 84.1 Å². The summed E-state index contributed by atoms with van der Waals surface area (Å²) in [6.45, 7) is 6.06. The lowest BCUT2D eigenvalue weighted by molar-refractivity contribution is 1.28. The molecular weight excluding hydrogens is 178 g/mol. The van der Waals surface area contributed by atoms with Crippen molar-refractivity contribution >= 4 is 16.8 Å². The van der Waals surface area contributed by atoms with Gasteiger partial charge >= 0.3 is 0 Å². The Morgan fingerprint density at radius 3 is 2.62 bits per heavy atom. The second kappa shape index (κ2) is 4.47. The molecule has 0 aliphatic heterocycles. The van der Waals surface area contributed by atoms with E-state index in [1.807, 2.05) is 6.92 Å². The van der Waals surface area contributed by atoms with Crippen molar-refractivity contribution in [3.63, 3.8) is 0 Å². The summed E-state index contributed by atoms with van der Waals surface area (Å²) in [5.41, 5.74) is 3.97. The first-order valence-electron chi connectivity index (χ1n) is 4.33. The van der Waals surface area contributed by atoms with Gasteiger partial charge in [0.15, 0.2) is 0 Å². The normalized spacial score (nSPS) is 10.1. The number of hydrogen-bond donors (Lipinski definition) is 1. The fourth-order valence-corrected chi connectivity index (χ4v) is 1.89. The van der Waals surface area contributed by atoms with Crippen LogP contribution in [-0.2, 0) is 5.75 Å². The average Bonchev–Trinajstić information content (AvgIpc) is 2.02. The molecule has 1 nitrogen and oxygen atoms in total. The molecule has 1 aromatic rings. The Balaban J connectivity index is 2.72. The number of benzene rings is 1. The van der Waals surface area contributed by atoms with Gasteiger partial charge in [-0.25, -0.2) is 0 Å². The molecule has 0 saturated carbocycles. The van der Waals surface area contributed by atoms with Gasteiger partial charge < -0.3 is 0 Å². The van der Waals surface area contributed by atoms with Crippen LogP contribution in [0.5, 0.6) is 0 Å². The summed E-state index contributed by atoms with van der Waals surface area (Å²) in [7, 11) is 0. The van der Waals surface area contributed by atoms with Crippen molar-refractivity contribution in [2.24, 2.45) is 0 Å². The third-order valence-corrected chi connectivity index (χ3v) is 2.83. The summed E-state index contributed by atoms with van der Waals surface area (Å²) >= 11 is 1.59. The Bertz CT molecular complexity index is 318. The summed E-state index contributed by atoms with van der Waals surface area (Å²) in [5, 5.41) is 8.00. The zero-order valence-electron chi connectivity index (χ0n) is 8.35. The molecule has 0 atom stereocenters. The molecule has 70 valence electrons. The van der Waals surface area contributed by atoms with Gasteiger partial charge in [-0.15, -0.1) is 11.8 Å². The summed E-state index contributed by atoms with van der Waals surface area (Å²) in [6.07, 6.45) is 0. The van der Waals surface area contributed by atoms with Crippen LogP contribution in [0.25, 0.3) is 0 Å². The molecule has 0 radical (unpaired) electrons. The molecule has 0 aromatic heterocycles.